The second-order valence-electron chi connectivity index (χ2n) is 9.60. The molecule has 2 aromatic rings. The van der Waals surface area contributed by atoms with Crippen LogP contribution >= 0.6 is 11.6 Å². The average molecular weight is 453 g/mol. The molecule has 2 fully saturated rings. The minimum absolute atomic E-state index is 0.113. The molecule has 6 nitrogen and oxygen atoms in total. The first-order chi connectivity index (χ1) is 15.2. The molecule has 3 heterocycles. The monoisotopic (exact) mass is 452 g/mol. The second kappa shape index (κ2) is 7.15. The summed E-state index contributed by atoms with van der Waals surface area (Å²) in [4.78, 5) is 42.3. The van der Waals surface area contributed by atoms with E-state index in [2.05, 4.69) is 5.32 Å². The van der Waals surface area contributed by atoms with Crippen molar-refractivity contribution in [1.82, 2.24) is 4.90 Å². The fourth-order valence-electron chi connectivity index (χ4n) is 5.82. The highest BCUT2D eigenvalue weighted by atomic mass is 35.5. The molecule has 166 valence electrons. The zero-order valence-corrected chi connectivity index (χ0v) is 19.4. The molecule has 3 amide bonds. The summed E-state index contributed by atoms with van der Waals surface area (Å²) in [6.07, 6.45) is 0. The van der Waals surface area contributed by atoms with Crippen LogP contribution in [0.15, 0.2) is 36.4 Å². The highest BCUT2D eigenvalue weighted by Gasteiger charge is 2.74. The van der Waals surface area contributed by atoms with Gasteiger partial charge in [-0.15, -0.1) is 0 Å². The summed E-state index contributed by atoms with van der Waals surface area (Å²) in [5, 5.41) is 5.55. The fourth-order valence-corrected chi connectivity index (χ4v) is 6.02. The molecule has 0 bridgehead atoms. The first-order valence-corrected chi connectivity index (χ1v) is 11.4. The average Bonchev–Trinajstić information content (AvgIpc) is 3.34. The maximum atomic E-state index is 13.8. The molecule has 0 saturated carbocycles. The number of amides is 3. The molecule has 2 aromatic carbocycles. The summed E-state index contributed by atoms with van der Waals surface area (Å²) in [6.45, 7) is 8.18. The lowest BCUT2D eigenvalue weighted by Gasteiger charge is -2.27. The molecule has 3 aliphatic heterocycles. The van der Waals surface area contributed by atoms with E-state index in [4.69, 9.17) is 11.6 Å². The maximum absolute atomic E-state index is 13.8. The van der Waals surface area contributed by atoms with Crippen molar-refractivity contribution in [2.24, 2.45) is 17.8 Å². The quantitative estimate of drug-likeness (QED) is 0.702. The van der Waals surface area contributed by atoms with Gasteiger partial charge in [-0.3, -0.25) is 19.3 Å². The van der Waals surface area contributed by atoms with E-state index in [1.54, 1.807) is 6.07 Å². The Labute approximate surface area is 192 Å². The normalized spacial score (nSPS) is 28.6. The molecule has 2 saturated heterocycles. The summed E-state index contributed by atoms with van der Waals surface area (Å²) in [6, 6.07) is 11.0. The zero-order valence-electron chi connectivity index (χ0n) is 18.6. The largest absolute Gasteiger partial charge is 0.326 e. The third kappa shape index (κ3) is 2.66. The number of halogens is 1. The molecule has 5 rings (SSSR count). The first kappa shape index (κ1) is 21.2. The molecular formula is C25H27ClN3O3+. The Morgan fingerprint density at radius 3 is 2.50 bits per heavy atom. The Morgan fingerprint density at radius 1 is 1.09 bits per heavy atom. The van der Waals surface area contributed by atoms with Crippen LogP contribution in [-0.4, -0.2) is 28.7 Å². The number of hydrogen-bond acceptors (Lipinski definition) is 3. The third-order valence-electron chi connectivity index (χ3n) is 7.65. The number of anilines is 1. The SMILES string of the molecule is Cc1ccc2c(c1C)NC(=O)[C@]21[NH2+][C@@H](C(C)C)[C@H]2C(=O)N(Cc3ccccc3Cl)C(=O)[C@H]21. The number of nitrogens with zero attached hydrogens (tertiary/aromatic N) is 1. The van der Waals surface area contributed by atoms with E-state index < -0.39 is 17.4 Å². The Kier molecular flexibility index (Phi) is 4.73. The van der Waals surface area contributed by atoms with E-state index in [-0.39, 0.29) is 36.2 Å². The summed E-state index contributed by atoms with van der Waals surface area (Å²) < 4.78 is 0. The van der Waals surface area contributed by atoms with E-state index in [1.807, 2.05) is 63.3 Å². The summed E-state index contributed by atoms with van der Waals surface area (Å²) in [7, 11) is 0. The van der Waals surface area contributed by atoms with Crippen LogP contribution in [0.25, 0.3) is 0 Å². The molecule has 1 spiro atoms. The van der Waals surface area contributed by atoms with Gasteiger partial charge in [-0.2, -0.15) is 0 Å². The van der Waals surface area contributed by atoms with Gasteiger partial charge in [0.25, 0.3) is 5.91 Å². The number of imide groups is 1. The molecule has 0 radical (unpaired) electrons. The number of rotatable bonds is 3. The maximum Gasteiger partial charge on any atom is 0.291 e. The number of aryl methyl sites for hydroxylation is 1. The minimum atomic E-state index is -1.13. The Balaban J connectivity index is 1.64. The number of hydrogen-bond donors (Lipinski definition) is 2. The molecular weight excluding hydrogens is 426 g/mol. The number of nitrogens with two attached hydrogens (primary N) is 1. The van der Waals surface area contributed by atoms with Gasteiger partial charge in [0, 0.05) is 16.5 Å². The van der Waals surface area contributed by atoms with Gasteiger partial charge in [-0.25, -0.2) is 0 Å². The van der Waals surface area contributed by atoms with Crippen molar-refractivity contribution in [3.63, 3.8) is 0 Å². The topological polar surface area (TPSA) is 83.1 Å². The number of carbonyl (C=O) groups excluding carboxylic acids is 3. The Hall–Kier alpha value is -2.70. The third-order valence-corrected chi connectivity index (χ3v) is 8.02. The Bertz CT molecular complexity index is 1180. The van der Waals surface area contributed by atoms with Gasteiger partial charge in [0.2, 0.25) is 17.4 Å². The van der Waals surface area contributed by atoms with Crippen LogP contribution in [0.3, 0.4) is 0 Å². The van der Waals surface area contributed by atoms with Crippen LogP contribution in [-0.2, 0) is 26.5 Å². The van der Waals surface area contributed by atoms with Crippen LogP contribution in [0.1, 0.15) is 36.1 Å². The minimum Gasteiger partial charge on any atom is -0.326 e. The number of likely N-dealkylation sites (tertiary alicyclic amines) is 1. The fraction of sp³-hybridized carbons (Fsp3) is 0.400. The molecule has 4 atom stereocenters. The van der Waals surface area contributed by atoms with Crippen LogP contribution in [0.4, 0.5) is 5.69 Å². The second-order valence-corrected chi connectivity index (χ2v) is 10.0. The number of quaternary nitrogens is 1. The predicted octanol–water partition coefficient (Wildman–Crippen LogP) is 2.51. The number of fused-ring (bicyclic) bond motifs is 4. The molecule has 3 N–H and O–H groups in total. The van der Waals surface area contributed by atoms with E-state index in [9.17, 15) is 14.4 Å². The van der Waals surface area contributed by atoms with Crippen molar-refractivity contribution < 1.29 is 19.7 Å². The smallest absolute Gasteiger partial charge is 0.291 e. The molecule has 3 aliphatic rings. The van der Waals surface area contributed by atoms with Crippen molar-refractivity contribution in [3.8, 4) is 0 Å². The van der Waals surface area contributed by atoms with Crippen molar-refractivity contribution in [1.29, 1.82) is 0 Å². The molecule has 0 aromatic heterocycles. The molecule has 0 aliphatic carbocycles. The lowest BCUT2D eigenvalue weighted by atomic mass is 9.75. The van der Waals surface area contributed by atoms with E-state index in [0.717, 1.165) is 27.9 Å². The van der Waals surface area contributed by atoms with Crippen molar-refractivity contribution in [3.05, 3.63) is 63.7 Å². The van der Waals surface area contributed by atoms with Gasteiger partial charge in [0.05, 0.1) is 12.2 Å². The summed E-state index contributed by atoms with van der Waals surface area (Å²) in [5.41, 5.74) is 3.25. The molecule has 0 unspecified atom stereocenters. The highest BCUT2D eigenvalue weighted by molar-refractivity contribution is 6.31. The number of carbonyl (C=O) groups is 3. The van der Waals surface area contributed by atoms with Crippen LogP contribution in [0.5, 0.6) is 0 Å². The van der Waals surface area contributed by atoms with Crippen molar-refractivity contribution >= 4 is 35.0 Å². The number of nitrogens with one attached hydrogen (secondary N) is 1. The van der Waals surface area contributed by atoms with Crippen LogP contribution < -0.4 is 10.6 Å². The van der Waals surface area contributed by atoms with Gasteiger partial charge in [-0.1, -0.05) is 49.7 Å². The highest BCUT2D eigenvalue weighted by Crippen LogP contribution is 2.51. The zero-order chi connectivity index (χ0) is 22.9. The van der Waals surface area contributed by atoms with E-state index in [1.165, 1.54) is 4.90 Å². The van der Waals surface area contributed by atoms with Gasteiger partial charge in [-0.05, 0) is 42.7 Å². The van der Waals surface area contributed by atoms with Gasteiger partial charge >= 0.3 is 0 Å². The summed E-state index contributed by atoms with van der Waals surface area (Å²) in [5.74, 6) is -1.89. The van der Waals surface area contributed by atoms with Crippen molar-refractivity contribution in [2.45, 2.75) is 45.8 Å². The lowest BCUT2D eigenvalue weighted by Crippen LogP contribution is -2.99. The van der Waals surface area contributed by atoms with Gasteiger partial charge in [0.1, 0.15) is 17.9 Å². The lowest BCUT2D eigenvalue weighted by molar-refractivity contribution is -0.738. The van der Waals surface area contributed by atoms with Crippen LogP contribution in [0.2, 0.25) is 5.02 Å². The standard InChI is InChI=1S/C25H26ClN3O3/c1-12(2)20-18-19(23(31)29(22(18)30)11-15-7-5-6-8-17(15)26)25(28-20)16-10-9-13(3)14(4)21(16)27-24(25)32/h5-10,12,18-20,28H,11H2,1-4H3,(H,27,32)/p+1/t18-,19-,20-,25-/m0/s1. The summed E-state index contributed by atoms with van der Waals surface area (Å²) >= 11 is 6.32. The predicted molar refractivity (Wildman–Crippen MR) is 121 cm³/mol. The van der Waals surface area contributed by atoms with Crippen LogP contribution in [0, 0.1) is 31.6 Å². The first-order valence-electron chi connectivity index (χ1n) is 11.0. The van der Waals surface area contributed by atoms with E-state index in [0.29, 0.717) is 5.02 Å². The Morgan fingerprint density at radius 2 is 1.81 bits per heavy atom. The van der Waals surface area contributed by atoms with Crippen molar-refractivity contribution in [2.75, 3.05) is 5.32 Å². The van der Waals surface area contributed by atoms with Gasteiger partial charge < -0.3 is 10.6 Å². The van der Waals surface area contributed by atoms with E-state index >= 15 is 0 Å². The number of benzene rings is 2. The molecule has 7 heteroatoms. The molecule has 32 heavy (non-hydrogen) atoms. The van der Waals surface area contributed by atoms with Gasteiger partial charge in [0.15, 0.2) is 0 Å².